The first-order valence-electron chi connectivity index (χ1n) is 7.71. The lowest BCUT2D eigenvalue weighted by atomic mass is 10.2. The summed E-state index contributed by atoms with van der Waals surface area (Å²) >= 11 is 1.10. The number of rotatable bonds is 7. The fourth-order valence-corrected chi connectivity index (χ4v) is 7.64. The van der Waals surface area contributed by atoms with Gasteiger partial charge in [-0.2, -0.15) is 4.31 Å². The fourth-order valence-electron chi connectivity index (χ4n) is 2.64. The van der Waals surface area contributed by atoms with Crippen LogP contribution in [0, 0.1) is 0 Å². The van der Waals surface area contributed by atoms with E-state index in [0.29, 0.717) is 19.4 Å². The Labute approximate surface area is 147 Å². The number of sulfone groups is 1. The van der Waals surface area contributed by atoms with Crippen LogP contribution in [-0.4, -0.2) is 51.1 Å². The van der Waals surface area contributed by atoms with Gasteiger partial charge in [0.15, 0.2) is 9.84 Å². The third-order valence-corrected chi connectivity index (χ3v) is 9.03. The number of nitrogens with zero attached hydrogens (tertiary/aromatic N) is 1. The van der Waals surface area contributed by atoms with Crippen molar-refractivity contribution in [1.82, 2.24) is 9.62 Å². The number of hydrogen-bond donors (Lipinski definition) is 1. The SMILES string of the molecule is CCCN(C1CCS(=O)(=O)C1)S(=O)(=O)c1ccc(CNC(C)=O)s1. The zero-order valence-electron chi connectivity index (χ0n) is 13.7. The summed E-state index contributed by atoms with van der Waals surface area (Å²) in [6.07, 6.45) is 0.950. The molecule has 1 saturated heterocycles. The number of amides is 1. The maximum absolute atomic E-state index is 12.9. The molecule has 2 heterocycles. The summed E-state index contributed by atoms with van der Waals surface area (Å²) in [7, 11) is -6.90. The standard InChI is InChI=1S/C14H22N2O5S3/c1-3-7-16(12-6-8-23(18,19)10-12)24(20,21)14-5-4-13(22-14)9-15-11(2)17/h4-5,12H,3,6-10H2,1-2H3,(H,15,17). The molecule has 1 aliphatic heterocycles. The van der Waals surface area contributed by atoms with Gasteiger partial charge in [-0.25, -0.2) is 16.8 Å². The molecule has 0 bridgehead atoms. The van der Waals surface area contributed by atoms with Crippen molar-refractivity contribution < 1.29 is 21.6 Å². The Morgan fingerprint density at radius 2 is 2.12 bits per heavy atom. The van der Waals surface area contributed by atoms with Gasteiger partial charge in [-0.1, -0.05) is 6.92 Å². The van der Waals surface area contributed by atoms with Gasteiger partial charge in [0.05, 0.1) is 18.1 Å². The van der Waals surface area contributed by atoms with Gasteiger partial charge >= 0.3 is 0 Å². The van der Waals surface area contributed by atoms with E-state index in [9.17, 15) is 21.6 Å². The molecule has 1 amide bonds. The highest BCUT2D eigenvalue weighted by molar-refractivity contribution is 7.92. The van der Waals surface area contributed by atoms with E-state index < -0.39 is 25.9 Å². The summed E-state index contributed by atoms with van der Waals surface area (Å²) in [5.41, 5.74) is 0. The average Bonchev–Trinajstić information content (AvgIpc) is 3.09. The van der Waals surface area contributed by atoms with Crippen LogP contribution in [0.25, 0.3) is 0 Å². The van der Waals surface area contributed by atoms with E-state index in [-0.39, 0.29) is 28.2 Å². The maximum Gasteiger partial charge on any atom is 0.252 e. The highest BCUT2D eigenvalue weighted by Crippen LogP contribution is 2.29. The number of thiophene rings is 1. The second-order valence-corrected chi connectivity index (χ2v) is 11.3. The average molecular weight is 395 g/mol. The van der Waals surface area contributed by atoms with E-state index in [1.165, 1.54) is 17.3 Å². The lowest BCUT2D eigenvalue weighted by molar-refractivity contribution is -0.119. The van der Waals surface area contributed by atoms with Gasteiger partial charge in [-0.05, 0) is 25.0 Å². The second kappa shape index (κ2) is 7.51. The Morgan fingerprint density at radius 3 is 2.67 bits per heavy atom. The van der Waals surface area contributed by atoms with E-state index in [2.05, 4.69) is 5.32 Å². The molecule has 1 aromatic rings. The molecule has 7 nitrogen and oxygen atoms in total. The number of hydrogen-bond acceptors (Lipinski definition) is 6. The first kappa shape index (κ1) is 19.4. The molecule has 1 unspecified atom stereocenters. The Kier molecular flexibility index (Phi) is 6.05. The van der Waals surface area contributed by atoms with E-state index in [1.807, 2.05) is 6.92 Å². The van der Waals surface area contributed by atoms with Gasteiger partial charge in [0.25, 0.3) is 10.0 Å². The largest absolute Gasteiger partial charge is 0.351 e. The van der Waals surface area contributed by atoms with Crippen LogP contribution in [0.15, 0.2) is 16.3 Å². The molecule has 1 atom stereocenters. The topological polar surface area (TPSA) is 101 Å². The molecular formula is C14H22N2O5S3. The highest BCUT2D eigenvalue weighted by atomic mass is 32.2. The van der Waals surface area contributed by atoms with E-state index in [1.54, 1.807) is 6.07 Å². The molecule has 0 saturated carbocycles. The minimum atomic E-state index is -3.74. The highest BCUT2D eigenvalue weighted by Gasteiger charge is 2.38. The van der Waals surface area contributed by atoms with E-state index in [4.69, 9.17) is 0 Å². The van der Waals surface area contributed by atoms with Gasteiger partial charge in [0, 0.05) is 24.4 Å². The zero-order valence-corrected chi connectivity index (χ0v) is 16.1. The first-order valence-corrected chi connectivity index (χ1v) is 11.8. The van der Waals surface area contributed by atoms with Crippen molar-refractivity contribution in [3.8, 4) is 0 Å². The number of sulfonamides is 1. The third-order valence-electron chi connectivity index (χ3n) is 3.77. The molecule has 0 aromatic carbocycles. The number of nitrogens with one attached hydrogen (secondary N) is 1. The molecular weight excluding hydrogens is 372 g/mol. The van der Waals surface area contributed by atoms with Crippen LogP contribution in [0.4, 0.5) is 0 Å². The van der Waals surface area contributed by atoms with Crippen LogP contribution >= 0.6 is 11.3 Å². The molecule has 0 spiro atoms. The lowest BCUT2D eigenvalue weighted by Gasteiger charge is -2.26. The summed E-state index contributed by atoms with van der Waals surface area (Å²) in [6.45, 7) is 3.83. The zero-order chi connectivity index (χ0) is 18.0. The van der Waals surface area contributed by atoms with Gasteiger partial charge in [0.2, 0.25) is 5.91 Å². The van der Waals surface area contributed by atoms with Gasteiger partial charge < -0.3 is 5.32 Å². The fraction of sp³-hybridized carbons (Fsp3) is 0.643. The summed E-state index contributed by atoms with van der Waals surface area (Å²) in [5, 5.41) is 2.63. The molecule has 1 fully saturated rings. The van der Waals surface area contributed by atoms with Crippen molar-refractivity contribution in [2.24, 2.45) is 0 Å². The van der Waals surface area contributed by atoms with Crippen molar-refractivity contribution in [1.29, 1.82) is 0 Å². The Hall–Kier alpha value is -0.970. The second-order valence-electron chi connectivity index (χ2n) is 5.80. The normalized spacial score (nSPS) is 20.4. The summed E-state index contributed by atoms with van der Waals surface area (Å²) < 4.78 is 50.8. The molecule has 1 aromatic heterocycles. The first-order chi connectivity index (χ1) is 11.2. The molecule has 24 heavy (non-hydrogen) atoms. The Morgan fingerprint density at radius 1 is 1.42 bits per heavy atom. The molecule has 1 aliphatic rings. The van der Waals surface area contributed by atoms with Crippen molar-refractivity contribution >= 4 is 37.1 Å². The monoisotopic (exact) mass is 394 g/mol. The van der Waals surface area contributed by atoms with E-state index >= 15 is 0 Å². The predicted molar refractivity (Wildman–Crippen MR) is 93.1 cm³/mol. The Balaban J connectivity index is 2.23. The maximum atomic E-state index is 12.9. The molecule has 0 aliphatic carbocycles. The van der Waals surface area contributed by atoms with E-state index in [0.717, 1.165) is 16.2 Å². The molecule has 0 radical (unpaired) electrons. The molecule has 136 valence electrons. The quantitative estimate of drug-likeness (QED) is 0.743. The Bertz CT molecular complexity index is 798. The van der Waals surface area contributed by atoms with Gasteiger partial charge in [-0.15, -0.1) is 11.3 Å². The minimum absolute atomic E-state index is 0.0334. The lowest BCUT2D eigenvalue weighted by Crippen LogP contribution is -2.41. The molecule has 1 N–H and O–H groups in total. The molecule has 2 rings (SSSR count). The van der Waals surface area contributed by atoms with Crippen LogP contribution in [0.3, 0.4) is 0 Å². The minimum Gasteiger partial charge on any atom is -0.351 e. The van der Waals surface area contributed by atoms with Crippen molar-refractivity contribution in [2.75, 3.05) is 18.1 Å². The summed E-state index contributed by atoms with van der Waals surface area (Å²) in [5.74, 6) is -0.265. The third kappa shape index (κ3) is 4.56. The van der Waals surface area contributed by atoms with Crippen LogP contribution in [0.5, 0.6) is 0 Å². The van der Waals surface area contributed by atoms with Gasteiger partial charge in [0.1, 0.15) is 4.21 Å². The number of carbonyl (C=O) groups excluding carboxylic acids is 1. The van der Waals surface area contributed by atoms with Crippen LogP contribution in [-0.2, 0) is 31.2 Å². The number of carbonyl (C=O) groups is 1. The van der Waals surface area contributed by atoms with Crippen molar-refractivity contribution in [3.63, 3.8) is 0 Å². The summed E-state index contributed by atoms with van der Waals surface area (Å²) in [6, 6.07) is 2.69. The van der Waals surface area contributed by atoms with Crippen molar-refractivity contribution in [3.05, 3.63) is 17.0 Å². The van der Waals surface area contributed by atoms with Crippen LogP contribution in [0.1, 0.15) is 31.6 Å². The smallest absolute Gasteiger partial charge is 0.252 e. The molecule has 10 heteroatoms. The summed E-state index contributed by atoms with van der Waals surface area (Å²) in [4.78, 5) is 11.7. The van der Waals surface area contributed by atoms with Crippen LogP contribution in [0.2, 0.25) is 0 Å². The van der Waals surface area contributed by atoms with Crippen LogP contribution < -0.4 is 5.32 Å². The predicted octanol–water partition coefficient (Wildman–Crippen LogP) is 0.972. The van der Waals surface area contributed by atoms with Gasteiger partial charge in [-0.3, -0.25) is 4.79 Å². The van der Waals surface area contributed by atoms with Crippen molar-refractivity contribution in [2.45, 2.75) is 43.5 Å².